The quantitative estimate of drug-likeness (QED) is 0.434. The van der Waals surface area contributed by atoms with Crippen molar-refractivity contribution in [2.45, 2.75) is 13.1 Å². The maximum atomic E-state index is 9.05. The second-order valence-electron chi connectivity index (χ2n) is 6.12. The number of anilines is 1. The van der Waals surface area contributed by atoms with Crippen molar-refractivity contribution in [2.24, 2.45) is 0 Å². The van der Waals surface area contributed by atoms with E-state index in [2.05, 4.69) is 20.6 Å². The molecule has 0 fully saturated rings. The number of nitrogens with one attached hydrogen (secondary N) is 1. The summed E-state index contributed by atoms with van der Waals surface area (Å²) in [5, 5.41) is 16.3. The number of pyridine rings is 2. The molecule has 5 heterocycles. The summed E-state index contributed by atoms with van der Waals surface area (Å²) in [6.45, 7) is 1.13. The van der Waals surface area contributed by atoms with Crippen LogP contribution in [-0.4, -0.2) is 36.4 Å². The molecule has 0 atom stereocenters. The highest BCUT2D eigenvalue weighted by Crippen LogP contribution is 2.28. The molecule has 1 aliphatic rings. The average Bonchev–Trinajstić information content (AvgIpc) is 3.40. The first-order valence-electron chi connectivity index (χ1n) is 8.52. The van der Waals surface area contributed by atoms with Gasteiger partial charge in [-0.05, 0) is 18.2 Å². The monoisotopic (exact) mass is 381 g/mol. The molecule has 4 aromatic heterocycles. The number of fused-ring (bicyclic) bond motifs is 2. The van der Waals surface area contributed by atoms with Gasteiger partial charge in [0.1, 0.15) is 15.4 Å². The molecule has 10 heteroatoms. The van der Waals surface area contributed by atoms with Crippen LogP contribution in [0.4, 0.5) is 11.5 Å². The molecule has 136 valence electrons. The van der Waals surface area contributed by atoms with E-state index in [-0.39, 0.29) is 6.61 Å². The molecular formula is C17H17N8OS+. The molecule has 0 spiro atoms. The molecule has 0 radical (unpaired) electrons. The highest BCUT2D eigenvalue weighted by atomic mass is 32.1. The van der Waals surface area contributed by atoms with Crippen LogP contribution in [-0.2, 0) is 13.1 Å². The lowest BCUT2D eigenvalue weighted by molar-refractivity contribution is -0.626. The van der Waals surface area contributed by atoms with Gasteiger partial charge in [-0.2, -0.15) is 5.10 Å². The maximum Gasteiger partial charge on any atom is 0.212 e. The lowest BCUT2D eigenvalue weighted by atomic mass is 10.2. The smallest absolute Gasteiger partial charge is 0.212 e. The fourth-order valence-electron chi connectivity index (χ4n) is 3.02. The molecule has 0 amide bonds. The van der Waals surface area contributed by atoms with Gasteiger partial charge in [0.25, 0.3) is 0 Å². The standard InChI is InChI=1S/C17H16N8OS/c26-7-6-24-9-11(8-19-24)12-3-4-13-16(21-12)25(23-22-13)10-15-20-14-2-1-5-18-17(14)27-15/h1-5,8-9,22-23,26H,6-7,10H2/p+1. The van der Waals surface area contributed by atoms with Crippen molar-refractivity contribution in [3.63, 3.8) is 0 Å². The molecule has 0 unspecified atom stereocenters. The molecule has 9 nitrogen and oxygen atoms in total. The molecule has 1 aliphatic heterocycles. The highest BCUT2D eigenvalue weighted by Gasteiger charge is 2.26. The summed E-state index contributed by atoms with van der Waals surface area (Å²) in [6.07, 6.45) is 5.44. The van der Waals surface area contributed by atoms with Crippen LogP contribution in [0.5, 0.6) is 0 Å². The number of rotatable bonds is 5. The summed E-state index contributed by atoms with van der Waals surface area (Å²) in [5.41, 5.74) is 8.90. The first kappa shape index (κ1) is 16.3. The molecule has 5 rings (SSSR count). The van der Waals surface area contributed by atoms with Crippen LogP contribution in [0.1, 0.15) is 5.01 Å². The number of nitrogens with zero attached hydrogens (tertiary/aromatic N) is 6. The number of quaternary nitrogens is 1. The summed E-state index contributed by atoms with van der Waals surface area (Å²) in [4.78, 5) is 14.8. The summed E-state index contributed by atoms with van der Waals surface area (Å²) >= 11 is 1.59. The van der Waals surface area contributed by atoms with Gasteiger partial charge in [0.15, 0.2) is 5.69 Å². The number of aliphatic hydroxyl groups excluding tert-OH is 1. The van der Waals surface area contributed by atoms with Gasteiger partial charge in [0.05, 0.1) is 31.6 Å². The van der Waals surface area contributed by atoms with E-state index < -0.39 is 0 Å². The molecule has 0 saturated carbocycles. The Balaban J connectivity index is 1.43. The molecule has 0 aliphatic carbocycles. The van der Waals surface area contributed by atoms with Crippen LogP contribution < -0.4 is 16.0 Å². The highest BCUT2D eigenvalue weighted by molar-refractivity contribution is 7.18. The Bertz CT molecular complexity index is 1070. The average molecular weight is 381 g/mol. The Labute approximate surface area is 158 Å². The van der Waals surface area contributed by atoms with E-state index in [0.717, 1.165) is 38.1 Å². The van der Waals surface area contributed by atoms with Crippen LogP contribution in [0.25, 0.3) is 21.6 Å². The predicted octanol–water partition coefficient (Wildman–Crippen LogP) is 0.577. The van der Waals surface area contributed by atoms with E-state index in [9.17, 15) is 0 Å². The van der Waals surface area contributed by atoms with Crippen LogP contribution in [0.2, 0.25) is 0 Å². The minimum Gasteiger partial charge on any atom is -0.394 e. The minimum absolute atomic E-state index is 0.0580. The van der Waals surface area contributed by atoms with Crippen molar-refractivity contribution >= 4 is 33.2 Å². The van der Waals surface area contributed by atoms with Crippen LogP contribution in [0, 0.1) is 0 Å². The normalized spacial score (nSPS) is 13.4. The topological polar surface area (TPSA) is 109 Å². The Morgan fingerprint density at radius 2 is 2.19 bits per heavy atom. The van der Waals surface area contributed by atoms with Gasteiger partial charge in [-0.3, -0.25) is 4.68 Å². The van der Waals surface area contributed by atoms with Gasteiger partial charge in [0, 0.05) is 24.0 Å². The lowest BCUT2D eigenvalue weighted by Gasteiger charge is -2.12. The van der Waals surface area contributed by atoms with Crippen LogP contribution in [0.3, 0.4) is 0 Å². The third kappa shape index (κ3) is 3.04. The molecule has 0 aromatic carbocycles. The molecule has 4 N–H and O–H groups in total. The summed E-state index contributed by atoms with van der Waals surface area (Å²) < 4.78 is 1.71. The third-order valence-corrected chi connectivity index (χ3v) is 5.26. The summed E-state index contributed by atoms with van der Waals surface area (Å²) in [7, 11) is 0. The van der Waals surface area contributed by atoms with Crippen LogP contribution >= 0.6 is 11.3 Å². The van der Waals surface area contributed by atoms with Gasteiger partial charge in [-0.25, -0.2) is 25.4 Å². The van der Waals surface area contributed by atoms with Crippen LogP contribution in [0.15, 0.2) is 42.9 Å². The second-order valence-corrected chi connectivity index (χ2v) is 7.18. The summed E-state index contributed by atoms with van der Waals surface area (Å²) in [5.74, 6) is 0.856. The van der Waals surface area contributed by atoms with Gasteiger partial charge in [0.2, 0.25) is 5.82 Å². The largest absolute Gasteiger partial charge is 0.394 e. The molecule has 0 saturated heterocycles. The van der Waals surface area contributed by atoms with Crippen molar-refractivity contribution in [3.8, 4) is 11.3 Å². The third-order valence-electron chi connectivity index (χ3n) is 4.30. The van der Waals surface area contributed by atoms with E-state index in [1.165, 1.54) is 0 Å². The number of hydrogen-bond donors (Lipinski definition) is 3. The number of hydrazine groups is 1. The van der Waals surface area contributed by atoms with Gasteiger partial charge < -0.3 is 5.11 Å². The Morgan fingerprint density at radius 3 is 3.07 bits per heavy atom. The maximum absolute atomic E-state index is 9.05. The first-order chi connectivity index (χ1) is 13.3. The SMILES string of the molecule is OCCn1cc(-c2ccc3c(n2)N(Cc2nc4cccnc4s2)N[NH2+]3)cn1. The Hall–Kier alpha value is -2.92. The van der Waals surface area contributed by atoms with Crippen molar-refractivity contribution < 1.29 is 10.5 Å². The van der Waals surface area contributed by atoms with E-state index in [1.54, 1.807) is 28.4 Å². The van der Waals surface area contributed by atoms with Crippen molar-refractivity contribution in [1.29, 1.82) is 0 Å². The summed E-state index contributed by atoms with van der Waals surface area (Å²) in [6, 6.07) is 7.88. The van der Waals surface area contributed by atoms with E-state index in [4.69, 9.17) is 10.1 Å². The number of aromatic nitrogens is 5. The predicted molar refractivity (Wildman–Crippen MR) is 101 cm³/mol. The molecular weight excluding hydrogens is 364 g/mol. The van der Waals surface area contributed by atoms with E-state index >= 15 is 0 Å². The number of nitrogens with two attached hydrogens (primary N) is 1. The van der Waals surface area contributed by atoms with Gasteiger partial charge in [-0.1, -0.05) is 16.9 Å². The van der Waals surface area contributed by atoms with Crippen molar-refractivity contribution in [1.82, 2.24) is 30.3 Å². The first-order valence-corrected chi connectivity index (χ1v) is 9.34. The Morgan fingerprint density at radius 1 is 1.22 bits per heavy atom. The fourth-order valence-corrected chi connectivity index (χ4v) is 3.91. The van der Waals surface area contributed by atoms with E-state index in [0.29, 0.717) is 13.1 Å². The number of hydrogen-bond acceptors (Lipinski definition) is 8. The molecule has 4 aromatic rings. The fraction of sp³-hybridized carbons (Fsp3) is 0.176. The van der Waals surface area contributed by atoms with Gasteiger partial charge in [-0.15, -0.1) is 0 Å². The van der Waals surface area contributed by atoms with E-state index in [1.807, 2.05) is 40.9 Å². The van der Waals surface area contributed by atoms with Crippen molar-refractivity contribution in [2.75, 3.05) is 11.6 Å². The lowest BCUT2D eigenvalue weighted by Crippen LogP contribution is -2.87. The minimum atomic E-state index is 0.0580. The molecule has 0 bridgehead atoms. The number of aliphatic hydroxyl groups is 1. The molecule has 27 heavy (non-hydrogen) atoms. The Kier molecular flexibility index (Phi) is 4.02. The number of thiazole rings is 1. The van der Waals surface area contributed by atoms with Gasteiger partial charge >= 0.3 is 0 Å². The zero-order valence-electron chi connectivity index (χ0n) is 14.3. The van der Waals surface area contributed by atoms with Crippen molar-refractivity contribution in [3.05, 3.63) is 47.9 Å². The zero-order valence-corrected chi connectivity index (χ0v) is 15.1. The second kappa shape index (κ2) is 6.67. The zero-order chi connectivity index (χ0) is 18.2.